The van der Waals surface area contributed by atoms with Gasteiger partial charge in [-0.25, -0.2) is 4.98 Å². The maximum atomic E-state index is 12.4. The summed E-state index contributed by atoms with van der Waals surface area (Å²) in [4.78, 5) is 32.1. The van der Waals surface area contributed by atoms with Gasteiger partial charge in [0.25, 0.3) is 11.5 Å². The van der Waals surface area contributed by atoms with Gasteiger partial charge in [0.1, 0.15) is 11.4 Å². The summed E-state index contributed by atoms with van der Waals surface area (Å²) in [6, 6.07) is 20.9. The van der Waals surface area contributed by atoms with Crippen LogP contribution in [-0.4, -0.2) is 27.0 Å². The average molecular weight is 386 g/mol. The van der Waals surface area contributed by atoms with E-state index in [1.807, 2.05) is 61.5 Å². The van der Waals surface area contributed by atoms with Gasteiger partial charge < -0.3 is 14.9 Å². The van der Waals surface area contributed by atoms with E-state index in [0.717, 1.165) is 35.4 Å². The van der Waals surface area contributed by atoms with Gasteiger partial charge >= 0.3 is 0 Å². The molecule has 2 heterocycles. The lowest BCUT2D eigenvalue weighted by Gasteiger charge is -2.09. The highest BCUT2D eigenvalue weighted by atomic mass is 16.2. The SMILES string of the molecule is Cc1nc2ccccc2n1CCCNC(=O)c1ccc(-c2ccccc2)[nH]c1=O. The zero-order valence-electron chi connectivity index (χ0n) is 16.2. The molecule has 0 aliphatic heterocycles. The Bertz CT molecular complexity index is 1210. The number of para-hydroxylation sites is 2. The number of carbonyl (C=O) groups excluding carboxylic acids is 1. The fraction of sp³-hybridized carbons (Fsp3) is 0.174. The molecule has 0 saturated heterocycles. The Balaban J connectivity index is 1.37. The van der Waals surface area contributed by atoms with Crippen molar-refractivity contribution in [2.75, 3.05) is 6.54 Å². The number of amides is 1. The number of imidazole rings is 1. The van der Waals surface area contributed by atoms with Crippen LogP contribution in [0, 0.1) is 6.92 Å². The topological polar surface area (TPSA) is 79.8 Å². The predicted molar refractivity (Wildman–Crippen MR) is 114 cm³/mol. The van der Waals surface area contributed by atoms with Crippen molar-refractivity contribution in [2.24, 2.45) is 0 Å². The highest BCUT2D eigenvalue weighted by molar-refractivity contribution is 5.94. The number of aromatic nitrogens is 3. The van der Waals surface area contributed by atoms with E-state index in [2.05, 4.69) is 19.9 Å². The van der Waals surface area contributed by atoms with Crippen molar-refractivity contribution >= 4 is 16.9 Å². The lowest BCUT2D eigenvalue weighted by atomic mass is 10.1. The number of aromatic amines is 1. The molecule has 2 N–H and O–H groups in total. The minimum absolute atomic E-state index is 0.119. The largest absolute Gasteiger partial charge is 0.352 e. The summed E-state index contributed by atoms with van der Waals surface area (Å²) in [5, 5.41) is 2.84. The van der Waals surface area contributed by atoms with Gasteiger partial charge in [0, 0.05) is 18.8 Å². The quantitative estimate of drug-likeness (QED) is 0.498. The zero-order valence-corrected chi connectivity index (χ0v) is 16.2. The fourth-order valence-electron chi connectivity index (χ4n) is 3.45. The molecule has 1 amide bonds. The number of pyridine rings is 1. The Hall–Kier alpha value is -3.67. The molecule has 0 saturated carbocycles. The number of benzene rings is 2. The summed E-state index contributed by atoms with van der Waals surface area (Å²) < 4.78 is 2.14. The smallest absolute Gasteiger partial charge is 0.261 e. The van der Waals surface area contributed by atoms with Crippen LogP contribution in [-0.2, 0) is 6.54 Å². The second-order valence-corrected chi connectivity index (χ2v) is 6.89. The molecular formula is C23H22N4O2. The van der Waals surface area contributed by atoms with E-state index >= 15 is 0 Å². The number of H-pyrrole nitrogens is 1. The Morgan fingerprint density at radius 2 is 1.79 bits per heavy atom. The Morgan fingerprint density at radius 1 is 1.03 bits per heavy atom. The number of hydrogen-bond donors (Lipinski definition) is 2. The van der Waals surface area contributed by atoms with Gasteiger partial charge in [0.15, 0.2) is 0 Å². The molecule has 0 aliphatic rings. The lowest BCUT2D eigenvalue weighted by Crippen LogP contribution is -2.30. The van der Waals surface area contributed by atoms with Crippen molar-refractivity contribution in [3.05, 3.63) is 88.5 Å². The van der Waals surface area contributed by atoms with Gasteiger partial charge in [-0.15, -0.1) is 0 Å². The van der Waals surface area contributed by atoms with Crippen molar-refractivity contribution < 1.29 is 4.79 Å². The van der Waals surface area contributed by atoms with Gasteiger partial charge in [0.05, 0.1) is 11.0 Å². The minimum Gasteiger partial charge on any atom is -0.352 e. The summed E-state index contributed by atoms with van der Waals surface area (Å²) in [6.45, 7) is 3.20. The molecule has 0 spiro atoms. The molecule has 0 atom stereocenters. The summed E-state index contributed by atoms with van der Waals surface area (Å²) in [5.74, 6) is 0.587. The van der Waals surface area contributed by atoms with E-state index in [1.54, 1.807) is 12.1 Å². The number of nitrogens with one attached hydrogen (secondary N) is 2. The molecule has 2 aromatic carbocycles. The maximum absolute atomic E-state index is 12.4. The molecule has 4 rings (SSSR count). The van der Waals surface area contributed by atoms with Crippen LogP contribution >= 0.6 is 0 Å². The second-order valence-electron chi connectivity index (χ2n) is 6.89. The lowest BCUT2D eigenvalue weighted by molar-refractivity contribution is 0.0951. The monoisotopic (exact) mass is 386 g/mol. The van der Waals surface area contributed by atoms with Crippen LogP contribution in [0.4, 0.5) is 0 Å². The first kappa shape index (κ1) is 18.7. The summed E-state index contributed by atoms with van der Waals surface area (Å²) in [7, 11) is 0. The van der Waals surface area contributed by atoms with Crippen molar-refractivity contribution in [3.8, 4) is 11.3 Å². The Morgan fingerprint density at radius 3 is 2.59 bits per heavy atom. The zero-order chi connectivity index (χ0) is 20.2. The summed E-state index contributed by atoms with van der Waals surface area (Å²) in [6.07, 6.45) is 0.743. The fourth-order valence-corrected chi connectivity index (χ4v) is 3.45. The molecule has 146 valence electrons. The molecule has 0 bridgehead atoms. The first-order chi connectivity index (χ1) is 14.1. The molecular weight excluding hydrogens is 364 g/mol. The second kappa shape index (κ2) is 8.14. The van der Waals surface area contributed by atoms with Gasteiger partial charge in [-0.05, 0) is 43.2 Å². The van der Waals surface area contributed by atoms with Gasteiger partial charge in [0.2, 0.25) is 0 Å². The van der Waals surface area contributed by atoms with Gasteiger partial charge in [-0.1, -0.05) is 42.5 Å². The molecule has 0 radical (unpaired) electrons. The highest BCUT2D eigenvalue weighted by Crippen LogP contribution is 2.16. The highest BCUT2D eigenvalue weighted by Gasteiger charge is 2.11. The molecule has 0 fully saturated rings. The van der Waals surface area contributed by atoms with Crippen LogP contribution in [0.25, 0.3) is 22.3 Å². The number of nitrogens with zero attached hydrogens (tertiary/aromatic N) is 2. The first-order valence-electron chi connectivity index (χ1n) is 9.62. The summed E-state index contributed by atoms with van der Waals surface area (Å²) >= 11 is 0. The van der Waals surface area contributed by atoms with E-state index in [-0.39, 0.29) is 17.0 Å². The van der Waals surface area contributed by atoms with E-state index < -0.39 is 0 Å². The van der Waals surface area contributed by atoms with Crippen molar-refractivity contribution in [3.63, 3.8) is 0 Å². The van der Waals surface area contributed by atoms with Crippen LogP contribution in [0.3, 0.4) is 0 Å². The molecule has 2 aromatic heterocycles. The third kappa shape index (κ3) is 3.96. The van der Waals surface area contributed by atoms with Crippen LogP contribution in [0.15, 0.2) is 71.5 Å². The Labute approximate surface area is 168 Å². The van der Waals surface area contributed by atoms with Crippen LogP contribution in [0.1, 0.15) is 22.6 Å². The maximum Gasteiger partial charge on any atom is 0.261 e. The normalized spacial score (nSPS) is 10.9. The van der Waals surface area contributed by atoms with E-state index in [1.165, 1.54) is 0 Å². The standard InChI is InChI=1S/C23H22N4O2/c1-16-25-20-10-5-6-11-21(20)27(16)15-7-14-24-22(28)18-12-13-19(26-23(18)29)17-8-3-2-4-9-17/h2-6,8-13H,7,14-15H2,1H3,(H,24,28)(H,26,29). The molecule has 29 heavy (non-hydrogen) atoms. The third-order valence-corrected chi connectivity index (χ3v) is 4.93. The average Bonchev–Trinajstić information content (AvgIpc) is 3.06. The van der Waals surface area contributed by atoms with Crippen molar-refractivity contribution in [2.45, 2.75) is 19.9 Å². The Kier molecular flexibility index (Phi) is 5.24. The van der Waals surface area contributed by atoms with Gasteiger partial charge in [-0.3, -0.25) is 9.59 Å². The van der Waals surface area contributed by atoms with Crippen LogP contribution in [0.2, 0.25) is 0 Å². The van der Waals surface area contributed by atoms with Crippen LogP contribution in [0.5, 0.6) is 0 Å². The van der Waals surface area contributed by atoms with E-state index in [4.69, 9.17) is 0 Å². The van der Waals surface area contributed by atoms with Gasteiger partial charge in [-0.2, -0.15) is 0 Å². The molecule has 4 aromatic rings. The minimum atomic E-state index is -0.389. The molecule has 6 nitrogen and oxygen atoms in total. The number of fused-ring (bicyclic) bond motifs is 1. The third-order valence-electron chi connectivity index (χ3n) is 4.93. The van der Waals surface area contributed by atoms with Crippen molar-refractivity contribution in [1.29, 1.82) is 0 Å². The number of rotatable bonds is 6. The first-order valence-corrected chi connectivity index (χ1v) is 9.62. The van der Waals surface area contributed by atoms with Crippen molar-refractivity contribution in [1.82, 2.24) is 19.9 Å². The number of aryl methyl sites for hydroxylation is 2. The number of carbonyl (C=O) groups is 1. The van der Waals surface area contributed by atoms with E-state index in [0.29, 0.717) is 12.2 Å². The molecule has 0 unspecified atom stereocenters. The number of hydrogen-bond acceptors (Lipinski definition) is 3. The molecule has 0 aliphatic carbocycles. The van der Waals surface area contributed by atoms with Crippen LogP contribution < -0.4 is 10.9 Å². The summed E-state index contributed by atoms with van der Waals surface area (Å²) in [5.41, 5.74) is 3.38. The van der Waals surface area contributed by atoms with E-state index in [9.17, 15) is 9.59 Å². The molecule has 6 heteroatoms. The predicted octanol–water partition coefficient (Wildman–Crippen LogP) is 3.52.